The van der Waals surface area contributed by atoms with E-state index in [4.69, 9.17) is 14.2 Å². The summed E-state index contributed by atoms with van der Waals surface area (Å²) in [5.41, 5.74) is 0. The molecular weight excluding hydrogens is 280 g/mol. The first kappa shape index (κ1) is 21.1. The van der Waals surface area contributed by atoms with Crippen LogP contribution in [0, 0.1) is 0 Å². The summed E-state index contributed by atoms with van der Waals surface area (Å²) in [6.07, 6.45) is 15.4. The van der Waals surface area contributed by atoms with Crippen molar-refractivity contribution in [2.24, 2.45) is 0 Å². The van der Waals surface area contributed by atoms with E-state index in [0.717, 1.165) is 18.9 Å². The number of hydrogen-bond acceptors (Lipinski definition) is 3. The van der Waals surface area contributed by atoms with Crippen molar-refractivity contribution in [3.63, 3.8) is 0 Å². The van der Waals surface area contributed by atoms with Gasteiger partial charge in [0.15, 0.2) is 0 Å². The van der Waals surface area contributed by atoms with E-state index < -0.39 is 5.97 Å². The van der Waals surface area contributed by atoms with Crippen LogP contribution in [-0.2, 0) is 14.2 Å². The lowest BCUT2D eigenvalue weighted by atomic mass is 10.0. The number of rotatable bonds is 16. The van der Waals surface area contributed by atoms with Gasteiger partial charge in [0.25, 0.3) is 5.97 Å². The van der Waals surface area contributed by atoms with E-state index in [-0.39, 0.29) is 0 Å². The lowest BCUT2D eigenvalue weighted by Crippen LogP contribution is -2.35. The summed E-state index contributed by atoms with van der Waals surface area (Å²) in [6.45, 7) is 0. The van der Waals surface area contributed by atoms with Crippen molar-refractivity contribution in [2.75, 3.05) is 21.3 Å². The van der Waals surface area contributed by atoms with E-state index in [1.807, 2.05) is 0 Å². The molecular formula is C17H35O3Si. The molecule has 0 aliphatic carbocycles. The molecule has 0 atom stereocenters. The summed E-state index contributed by atoms with van der Waals surface area (Å²) in [4.78, 5) is 0. The Hall–Kier alpha value is 0.0969. The second-order valence-electron chi connectivity index (χ2n) is 5.68. The maximum absolute atomic E-state index is 5.29. The molecule has 0 bridgehead atoms. The molecule has 0 aliphatic heterocycles. The molecule has 0 fully saturated rings. The lowest BCUT2D eigenvalue weighted by molar-refractivity contribution is -0.355. The van der Waals surface area contributed by atoms with Crippen molar-refractivity contribution in [2.45, 2.75) is 89.1 Å². The van der Waals surface area contributed by atoms with Gasteiger partial charge in [-0.2, -0.15) is 0 Å². The highest BCUT2D eigenvalue weighted by molar-refractivity contribution is 6.08. The Morgan fingerprint density at radius 2 is 0.905 bits per heavy atom. The van der Waals surface area contributed by atoms with Crippen LogP contribution in [0.25, 0.3) is 0 Å². The van der Waals surface area contributed by atoms with Gasteiger partial charge in [-0.15, -0.1) is 0 Å². The van der Waals surface area contributed by atoms with Crippen LogP contribution >= 0.6 is 0 Å². The van der Waals surface area contributed by atoms with E-state index in [2.05, 4.69) is 10.2 Å². The third-order valence-corrected chi connectivity index (χ3v) is 4.45. The minimum Gasteiger partial charge on any atom is -0.331 e. The molecule has 125 valence electrons. The van der Waals surface area contributed by atoms with Crippen molar-refractivity contribution in [1.82, 2.24) is 0 Å². The molecule has 0 aromatic carbocycles. The fourth-order valence-corrected chi connectivity index (χ4v) is 2.86. The van der Waals surface area contributed by atoms with Crippen LogP contribution in [0.3, 0.4) is 0 Å². The molecule has 0 unspecified atom stereocenters. The maximum Gasteiger partial charge on any atom is 0.282 e. The fraction of sp³-hybridized carbons (Fsp3) is 1.00. The molecule has 0 saturated heterocycles. The van der Waals surface area contributed by atoms with Crippen LogP contribution in [0.1, 0.15) is 77.0 Å². The van der Waals surface area contributed by atoms with Crippen molar-refractivity contribution in [3.05, 3.63) is 0 Å². The average Bonchev–Trinajstić information content (AvgIpc) is 2.53. The molecule has 0 spiro atoms. The summed E-state index contributed by atoms with van der Waals surface area (Å²) in [7, 11) is 8.41. The minimum atomic E-state index is -0.838. The van der Waals surface area contributed by atoms with Gasteiger partial charge in [0, 0.05) is 38.0 Å². The van der Waals surface area contributed by atoms with Crippen molar-refractivity contribution in [1.29, 1.82) is 0 Å². The molecule has 0 saturated carbocycles. The third kappa shape index (κ3) is 11.3. The van der Waals surface area contributed by atoms with E-state index >= 15 is 0 Å². The van der Waals surface area contributed by atoms with Gasteiger partial charge in [0.1, 0.15) is 0 Å². The molecule has 3 nitrogen and oxygen atoms in total. The normalized spacial score (nSPS) is 12.0. The van der Waals surface area contributed by atoms with Gasteiger partial charge >= 0.3 is 0 Å². The molecule has 0 aromatic rings. The second kappa shape index (κ2) is 15.0. The molecule has 0 rings (SSSR count). The van der Waals surface area contributed by atoms with Gasteiger partial charge in [-0.1, -0.05) is 70.3 Å². The molecule has 0 N–H and O–H groups in total. The molecule has 0 aliphatic rings. The average molecular weight is 316 g/mol. The van der Waals surface area contributed by atoms with Gasteiger partial charge < -0.3 is 14.2 Å². The zero-order valence-electron chi connectivity index (χ0n) is 14.4. The molecule has 21 heavy (non-hydrogen) atoms. The van der Waals surface area contributed by atoms with Crippen LogP contribution in [0.5, 0.6) is 0 Å². The minimum absolute atomic E-state index is 0.796. The zero-order chi connectivity index (χ0) is 15.8. The van der Waals surface area contributed by atoms with Crippen LogP contribution in [-0.4, -0.2) is 37.5 Å². The molecule has 3 radical (unpaired) electrons. The number of hydrogen-bond donors (Lipinski definition) is 0. The van der Waals surface area contributed by atoms with Gasteiger partial charge in [-0.25, -0.2) is 0 Å². The SMILES string of the molecule is COC(CCCCCCCCCCCCC[Si])(OC)OC. The third-order valence-electron chi connectivity index (χ3n) is 4.09. The maximum atomic E-state index is 5.29. The summed E-state index contributed by atoms with van der Waals surface area (Å²) in [6, 6.07) is 1.15. The summed E-state index contributed by atoms with van der Waals surface area (Å²) < 4.78 is 15.9. The molecule has 0 amide bonds. The van der Waals surface area contributed by atoms with Crippen LogP contribution in [0.2, 0.25) is 6.04 Å². The largest absolute Gasteiger partial charge is 0.331 e. The van der Waals surface area contributed by atoms with E-state index in [1.165, 1.54) is 64.2 Å². The van der Waals surface area contributed by atoms with E-state index in [9.17, 15) is 0 Å². The quantitative estimate of drug-likeness (QED) is 0.231. The second-order valence-corrected chi connectivity index (χ2v) is 6.18. The van der Waals surface area contributed by atoms with Crippen molar-refractivity contribution < 1.29 is 14.2 Å². The predicted octanol–water partition coefficient (Wildman–Crippen LogP) is 4.85. The van der Waals surface area contributed by atoms with Crippen LogP contribution < -0.4 is 0 Å². The zero-order valence-corrected chi connectivity index (χ0v) is 15.4. The van der Waals surface area contributed by atoms with Gasteiger partial charge in [-0.05, 0) is 6.42 Å². The van der Waals surface area contributed by atoms with Gasteiger partial charge in [0.2, 0.25) is 0 Å². The standard InChI is InChI=1S/C17H35O3Si/c1-18-17(19-2,20-3)15-13-11-9-7-5-4-6-8-10-12-14-16-21/h4-16H2,1-3H3. The van der Waals surface area contributed by atoms with E-state index in [0.29, 0.717) is 0 Å². The van der Waals surface area contributed by atoms with Crippen molar-refractivity contribution in [3.8, 4) is 0 Å². The Balaban J connectivity index is 3.29. The smallest absolute Gasteiger partial charge is 0.282 e. The molecule has 4 heteroatoms. The first-order valence-corrected chi connectivity index (χ1v) is 9.25. The molecule has 0 heterocycles. The monoisotopic (exact) mass is 315 g/mol. The Kier molecular flexibility index (Phi) is 15.1. The fourth-order valence-electron chi connectivity index (χ4n) is 2.61. The van der Waals surface area contributed by atoms with E-state index in [1.54, 1.807) is 21.3 Å². The predicted molar refractivity (Wildman–Crippen MR) is 89.7 cm³/mol. The Morgan fingerprint density at radius 1 is 0.571 bits per heavy atom. The highest BCUT2D eigenvalue weighted by Crippen LogP contribution is 2.21. The number of ether oxygens (including phenoxy) is 3. The summed E-state index contributed by atoms with van der Waals surface area (Å²) in [5, 5.41) is 0. The van der Waals surface area contributed by atoms with Crippen LogP contribution in [0.15, 0.2) is 0 Å². The van der Waals surface area contributed by atoms with Crippen molar-refractivity contribution >= 4 is 10.2 Å². The Bertz CT molecular complexity index is 200. The molecule has 0 aromatic heterocycles. The topological polar surface area (TPSA) is 27.7 Å². The van der Waals surface area contributed by atoms with Crippen LogP contribution in [0.4, 0.5) is 0 Å². The first-order valence-electron chi connectivity index (χ1n) is 8.54. The van der Waals surface area contributed by atoms with Gasteiger partial charge in [-0.3, -0.25) is 0 Å². The number of unbranched alkanes of at least 4 members (excludes halogenated alkanes) is 10. The lowest BCUT2D eigenvalue weighted by Gasteiger charge is -2.28. The summed E-state index contributed by atoms with van der Waals surface area (Å²) in [5.74, 6) is -0.838. The summed E-state index contributed by atoms with van der Waals surface area (Å²) >= 11 is 0. The Morgan fingerprint density at radius 3 is 1.24 bits per heavy atom. The highest BCUT2D eigenvalue weighted by atomic mass is 28.1. The van der Waals surface area contributed by atoms with Gasteiger partial charge in [0.05, 0.1) is 0 Å². The first-order chi connectivity index (χ1) is 10.2. The Labute approximate surface area is 135 Å². The number of methoxy groups -OCH3 is 3. The highest BCUT2D eigenvalue weighted by Gasteiger charge is 2.28.